The third-order valence-corrected chi connectivity index (χ3v) is 3.75. The first-order valence-electron chi connectivity index (χ1n) is 7.66. The molecule has 0 saturated carbocycles. The molecule has 110 valence electrons. The molecule has 0 saturated heterocycles. The van der Waals surface area contributed by atoms with E-state index in [-0.39, 0.29) is 0 Å². The fourth-order valence-corrected chi connectivity index (χ4v) is 2.60. The van der Waals surface area contributed by atoms with Crippen molar-refractivity contribution in [1.29, 1.82) is 0 Å². The van der Waals surface area contributed by atoms with Crippen molar-refractivity contribution in [2.24, 2.45) is 0 Å². The maximum atomic E-state index is 5.68. The summed E-state index contributed by atoms with van der Waals surface area (Å²) in [7, 11) is 0. The fourth-order valence-electron chi connectivity index (χ4n) is 2.60. The number of fused-ring (bicyclic) bond motifs is 1. The number of hydrogen-bond acceptors (Lipinski definition) is 3. The van der Waals surface area contributed by atoms with E-state index in [9.17, 15) is 0 Å². The zero-order valence-electron chi connectivity index (χ0n) is 12.7. The second-order valence-electron chi connectivity index (χ2n) is 5.89. The lowest BCUT2D eigenvalue weighted by atomic mass is 9.99. The highest BCUT2D eigenvalue weighted by atomic mass is 16.5. The normalized spacial score (nSPS) is 13.9. The molecule has 0 amide bonds. The van der Waals surface area contributed by atoms with E-state index < -0.39 is 0 Å². The van der Waals surface area contributed by atoms with Gasteiger partial charge in [0.15, 0.2) is 0 Å². The van der Waals surface area contributed by atoms with Crippen LogP contribution in [0, 0.1) is 0 Å². The first-order valence-corrected chi connectivity index (χ1v) is 7.66. The molecule has 3 heteroatoms. The van der Waals surface area contributed by atoms with Crippen LogP contribution in [0.25, 0.3) is 11.1 Å². The number of pyridine rings is 1. The van der Waals surface area contributed by atoms with Crippen molar-refractivity contribution in [2.75, 3.05) is 6.61 Å². The first kappa shape index (κ1) is 14.1. The van der Waals surface area contributed by atoms with E-state index in [0.29, 0.717) is 6.04 Å². The second kappa shape index (κ2) is 6.27. The number of benzene rings is 1. The van der Waals surface area contributed by atoms with Gasteiger partial charge in [-0.3, -0.25) is 4.98 Å². The number of nitrogens with one attached hydrogen (secondary N) is 1. The Kier molecular flexibility index (Phi) is 4.20. The summed E-state index contributed by atoms with van der Waals surface area (Å²) in [6, 6.07) is 9.15. The fraction of sp³-hybridized carbons (Fsp3) is 0.389. The number of nitrogens with zero attached hydrogens (tertiary/aromatic N) is 1. The van der Waals surface area contributed by atoms with Crippen LogP contribution in [-0.2, 0) is 13.0 Å². The van der Waals surface area contributed by atoms with Gasteiger partial charge in [-0.15, -0.1) is 0 Å². The zero-order chi connectivity index (χ0) is 14.7. The van der Waals surface area contributed by atoms with Crippen LogP contribution in [0.15, 0.2) is 36.7 Å². The Morgan fingerprint density at radius 3 is 2.95 bits per heavy atom. The summed E-state index contributed by atoms with van der Waals surface area (Å²) in [5.74, 6) is 1.04. The average molecular weight is 282 g/mol. The van der Waals surface area contributed by atoms with Gasteiger partial charge in [-0.05, 0) is 47.7 Å². The molecule has 1 N–H and O–H groups in total. The van der Waals surface area contributed by atoms with Crippen molar-refractivity contribution in [1.82, 2.24) is 10.3 Å². The molecular weight excluding hydrogens is 260 g/mol. The SMILES string of the molecule is CC(C)NCc1cncc(-c2ccc3c(c2)CCCO3)c1. The molecular formula is C18H22N2O. The van der Waals surface area contributed by atoms with E-state index in [2.05, 4.69) is 48.4 Å². The predicted molar refractivity (Wildman–Crippen MR) is 85.5 cm³/mol. The largest absolute Gasteiger partial charge is 0.493 e. The summed E-state index contributed by atoms with van der Waals surface area (Å²) in [6.45, 7) is 6.00. The van der Waals surface area contributed by atoms with Gasteiger partial charge in [-0.1, -0.05) is 19.9 Å². The summed E-state index contributed by atoms with van der Waals surface area (Å²) in [5.41, 5.74) is 4.92. The van der Waals surface area contributed by atoms with Crippen LogP contribution in [0.4, 0.5) is 0 Å². The highest BCUT2D eigenvalue weighted by molar-refractivity contribution is 5.65. The Labute approximate surface area is 126 Å². The lowest BCUT2D eigenvalue weighted by Crippen LogP contribution is -2.21. The Morgan fingerprint density at radius 1 is 1.19 bits per heavy atom. The maximum absolute atomic E-state index is 5.68. The first-order chi connectivity index (χ1) is 10.2. The Bertz CT molecular complexity index is 622. The van der Waals surface area contributed by atoms with Gasteiger partial charge in [-0.25, -0.2) is 0 Å². The van der Waals surface area contributed by atoms with Crippen LogP contribution >= 0.6 is 0 Å². The second-order valence-corrected chi connectivity index (χ2v) is 5.89. The summed E-state index contributed by atoms with van der Waals surface area (Å²) >= 11 is 0. The summed E-state index contributed by atoms with van der Waals surface area (Å²) in [5, 5.41) is 3.43. The van der Waals surface area contributed by atoms with Gasteiger partial charge >= 0.3 is 0 Å². The molecule has 1 aromatic heterocycles. The van der Waals surface area contributed by atoms with E-state index >= 15 is 0 Å². The lowest BCUT2D eigenvalue weighted by molar-refractivity contribution is 0.288. The van der Waals surface area contributed by atoms with Gasteiger partial charge in [0.05, 0.1) is 6.61 Å². The molecule has 1 aliphatic heterocycles. The molecule has 3 nitrogen and oxygen atoms in total. The van der Waals surface area contributed by atoms with E-state index in [1.807, 2.05) is 12.4 Å². The third-order valence-electron chi connectivity index (χ3n) is 3.75. The number of aryl methyl sites for hydroxylation is 1. The van der Waals surface area contributed by atoms with Crippen molar-refractivity contribution in [3.8, 4) is 16.9 Å². The van der Waals surface area contributed by atoms with Crippen LogP contribution in [0.3, 0.4) is 0 Å². The minimum Gasteiger partial charge on any atom is -0.493 e. The summed E-state index contributed by atoms with van der Waals surface area (Å²) < 4.78 is 5.68. The third kappa shape index (κ3) is 3.42. The minimum absolute atomic E-state index is 0.481. The molecule has 2 aromatic rings. The monoisotopic (exact) mass is 282 g/mol. The molecule has 0 aliphatic carbocycles. The van der Waals surface area contributed by atoms with Gasteiger partial charge in [0.2, 0.25) is 0 Å². The van der Waals surface area contributed by atoms with Crippen molar-refractivity contribution in [3.63, 3.8) is 0 Å². The molecule has 3 rings (SSSR count). The number of ether oxygens (including phenoxy) is 1. The van der Waals surface area contributed by atoms with Crippen LogP contribution in [0.1, 0.15) is 31.4 Å². The van der Waals surface area contributed by atoms with Crippen molar-refractivity contribution >= 4 is 0 Å². The molecule has 1 aromatic carbocycles. The van der Waals surface area contributed by atoms with Crippen molar-refractivity contribution in [3.05, 3.63) is 47.8 Å². The van der Waals surface area contributed by atoms with Gasteiger partial charge in [-0.2, -0.15) is 0 Å². The van der Waals surface area contributed by atoms with Crippen LogP contribution in [0.2, 0.25) is 0 Å². The molecule has 0 fully saturated rings. The quantitative estimate of drug-likeness (QED) is 0.931. The highest BCUT2D eigenvalue weighted by Gasteiger charge is 2.11. The lowest BCUT2D eigenvalue weighted by Gasteiger charge is -2.18. The molecule has 1 aliphatic rings. The molecule has 0 radical (unpaired) electrons. The molecule has 0 spiro atoms. The van der Waals surface area contributed by atoms with Crippen LogP contribution < -0.4 is 10.1 Å². The van der Waals surface area contributed by atoms with E-state index in [1.165, 1.54) is 22.3 Å². The number of aromatic nitrogens is 1. The van der Waals surface area contributed by atoms with Crippen LogP contribution in [-0.4, -0.2) is 17.6 Å². The number of rotatable bonds is 4. The van der Waals surface area contributed by atoms with Crippen molar-refractivity contribution < 1.29 is 4.74 Å². The zero-order valence-corrected chi connectivity index (χ0v) is 12.7. The standard InChI is InChI=1S/C18H22N2O/c1-13(2)20-11-14-8-17(12-19-10-14)15-5-6-18-16(9-15)4-3-7-21-18/h5-6,8-10,12-13,20H,3-4,7,11H2,1-2H3. The molecule has 21 heavy (non-hydrogen) atoms. The molecule has 0 bridgehead atoms. The highest BCUT2D eigenvalue weighted by Crippen LogP contribution is 2.30. The Morgan fingerprint density at radius 2 is 2.10 bits per heavy atom. The minimum atomic E-state index is 0.481. The van der Waals surface area contributed by atoms with Gasteiger partial charge < -0.3 is 10.1 Å². The van der Waals surface area contributed by atoms with E-state index in [1.54, 1.807) is 0 Å². The topological polar surface area (TPSA) is 34.2 Å². The number of hydrogen-bond donors (Lipinski definition) is 1. The van der Waals surface area contributed by atoms with E-state index in [4.69, 9.17) is 4.74 Å². The average Bonchev–Trinajstić information content (AvgIpc) is 2.53. The predicted octanol–water partition coefficient (Wildman–Crippen LogP) is 3.57. The Hall–Kier alpha value is -1.87. The maximum Gasteiger partial charge on any atom is 0.122 e. The van der Waals surface area contributed by atoms with Gasteiger partial charge in [0, 0.05) is 30.5 Å². The van der Waals surface area contributed by atoms with Crippen LogP contribution in [0.5, 0.6) is 5.75 Å². The summed E-state index contributed by atoms with van der Waals surface area (Å²) in [6.07, 6.45) is 6.07. The smallest absolute Gasteiger partial charge is 0.122 e. The van der Waals surface area contributed by atoms with Crippen molar-refractivity contribution in [2.45, 2.75) is 39.3 Å². The molecule has 0 unspecified atom stereocenters. The van der Waals surface area contributed by atoms with Gasteiger partial charge in [0.25, 0.3) is 0 Å². The summed E-state index contributed by atoms with van der Waals surface area (Å²) in [4.78, 5) is 4.38. The Balaban J connectivity index is 1.84. The molecule has 0 atom stereocenters. The van der Waals surface area contributed by atoms with E-state index in [0.717, 1.165) is 31.7 Å². The van der Waals surface area contributed by atoms with Gasteiger partial charge in [0.1, 0.15) is 5.75 Å². The molecule has 2 heterocycles.